The van der Waals surface area contributed by atoms with E-state index in [0.29, 0.717) is 0 Å². The third-order valence-corrected chi connectivity index (χ3v) is 1.73. The molecule has 1 heterocycles. The standard InChI is InChI=1S/C9H14N2.2C2H6/c1-3-6-10-9-8(2)5-4-7-11-9;2*1-2/h3,6,11H,1,4-5,7H2,2H3;2*1-2H3/b10-6-;;. The molecule has 0 aromatic heterocycles. The molecule has 1 rings (SSSR count). The summed E-state index contributed by atoms with van der Waals surface area (Å²) in [5.74, 6) is 1.02. The molecule has 0 amide bonds. The van der Waals surface area contributed by atoms with Crippen LogP contribution in [0.4, 0.5) is 0 Å². The Bertz CT molecular complexity index is 203. The van der Waals surface area contributed by atoms with Crippen molar-refractivity contribution in [2.75, 3.05) is 6.54 Å². The highest BCUT2D eigenvalue weighted by molar-refractivity contribution is 5.71. The van der Waals surface area contributed by atoms with Gasteiger partial charge in [0.25, 0.3) is 0 Å². The molecule has 1 aliphatic rings. The van der Waals surface area contributed by atoms with Gasteiger partial charge in [-0.15, -0.1) is 0 Å². The molecule has 0 atom stereocenters. The number of rotatable bonds is 2. The van der Waals surface area contributed by atoms with Crippen molar-refractivity contribution in [2.24, 2.45) is 4.99 Å². The van der Waals surface area contributed by atoms with Crippen molar-refractivity contribution < 1.29 is 0 Å². The molecule has 2 heteroatoms. The van der Waals surface area contributed by atoms with Crippen LogP contribution >= 0.6 is 0 Å². The van der Waals surface area contributed by atoms with Gasteiger partial charge in [-0.25, -0.2) is 4.99 Å². The summed E-state index contributed by atoms with van der Waals surface area (Å²) in [6, 6.07) is 0. The van der Waals surface area contributed by atoms with E-state index in [9.17, 15) is 0 Å². The van der Waals surface area contributed by atoms with Crippen LogP contribution < -0.4 is 5.32 Å². The third-order valence-electron chi connectivity index (χ3n) is 1.73. The molecule has 0 fully saturated rings. The molecular weight excluding hydrogens is 184 g/mol. The van der Waals surface area contributed by atoms with Crippen LogP contribution in [0.2, 0.25) is 0 Å². The van der Waals surface area contributed by atoms with Crippen molar-refractivity contribution in [3.63, 3.8) is 0 Å². The molecule has 0 spiro atoms. The lowest BCUT2D eigenvalue weighted by Crippen LogP contribution is -2.19. The average molecular weight is 210 g/mol. The predicted molar refractivity (Wildman–Crippen MR) is 71.3 cm³/mol. The van der Waals surface area contributed by atoms with Crippen molar-refractivity contribution >= 4 is 6.21 Å². The summed E-state index contributed by atoms with van der Waals surface area (Å²) in [4.78, 5) is 4.21. The molecule has 1 N–H and O–H groups in total. The van der Waals surface area contributed by atoms with Crippen molar-refractivity contribution in [1.29, 1.82) is 0 Å². The second-order valence-electron chi connectivity index (χ2n) is 2.67. The van der Waals surface area contributed by atoms with Gasteiger partial charge < -0.3 is 5.32 Å². The first-order chi connectivity index (χ1) is 7.34. The first-order valence-electron chi connectivity index (χ1n) is 5.93. The van der Waals surface area contributed by atoms with Crippen LogP contribution in [0.5, 0.6) is 0 Å². The van der Waals surface area contributed by atoms with Crippen LogP contribution in [-0.2, 0) is 0 Å². The minimum atomic E-state index is 1.02. The molecule has 15 heavy (non-hydrogen) atoms. The van der Waals surface area contributed by atoms with Crippen LogP contribution in [0.3, 0.4) is 0 Å². The second kappa shape index (κ2) is 12.9. The van der Waals surface area contributed by atoms with Gasteiger partial charge in [-0.2, -0.15) is 0 Å². The molecule has 2 nitrogen and oxygen atoms in total. The Labute approximate surface area is 95.2 Å². The average Bonchev–Trinajstić information content (AvgIpc) is 2.33. The Morgan fingerprint density at radius 2 is 1.87 bits per heavy atom. The summed E-state index contributed by atoms with van der Waals surface area (Å²) >= 11 is 0. The van der Waals surface area contributed by atoms with Crippen LogP contribution in [-0.4, -0.2) is 12.8 Å². The van der Waals surface area contributed by atoms with Crippen molar-refractivity contribution in [1.82, 2.24) is 5.32 Å². The fourth-order valence-corrected chi connectivity index (χ4v) is 1.11. The van der Waals surface area contributed by atoms with E-state index in [0.717, 1.165) is 18.8 Å². The predicted octanol–water partition coefficient (Wildman–Crippen LogP) is 3.91. The number of hydrogen-bond donors (Lipinski definition) is 1. The maximum Gasteiger partial charge on any atom is 0.124 e. The first kappa shape index (κ1) is 16.4. The van der Waals surface area contributed by atoms with Gasteiger partial charge in [-0.3, -0.25) is 0 Å². The summed E-state index contributed by atoms with van der Waals surface area (Å²) in [5, 5.41) is 3.24. The Hall–Kier alpha value is -1.05. The SMILES string of the molecule is C=C/C=N\C1=C(C)CCCN1.CC.CC. The van der Waals surface area contributed by atoms with Gasteiger partial charge in [0.15, 0.2) is 0 Å². The molecule has 0 aromatic rings. The van der Waals surface area contributed by atoms with Gasteiger partial charge >= 0.3 is 0 Å². The smallest absolute Gasteiger partial charge is 0.124 e. The number of nitrogens with one attached hydrogen (secondary N) is 1. The quantitative estimate of drug-likeness (QED) is 0.687. The number of aliphatic imine (C=N–C) groups is 1. The van der Waals surface area contributed by atoms with Crippen LogP contribution in [0.25, 0.3) is 0 Å². The fraction of sp³-hybridized carbons (Fsp3) is 0.615. The molecule has 0 aliphatic carbocycles. The van der Waals surface area contributed by atoms with E-state index in [-0.39, 0.29) is 0 Å². The van der Waals surface area contributed by atoms with Gasteiger partial charge in [0, 0.05) is 12.8 Å². The van der Waals surface area contributed by atoms with E-state index in [4.69, 9.17) is 0 Å². The lowest BCUT2D eigenvalue weighted by atomic mass is 10.1. The van der Waals surface area contributed by atoms with E-state index in [2.05, 4.69) is 23.8 Å². The Morgan fingerprint density at radius 3 is 2.33 bits per heavy atom. The van der Waals surface area contributed by atoms with Crippen LogP contribution in [0.1, 0.15) is 47.5 Å². The van der Waals surface area contributed by atoms with Crippen LogP contribution in [0, 0.1) is 0 Å². The van der Waals surface area contributed by atoms with Gasteiger partial charge in [0.1, 0.15) is 5.82 Å². The fourth-order valence-electron chi connectivity index (χ4n) is 1.11. The van der Waals surface area contributed by atoms with Gasteiger partial charge in [0.05, 0.1) is 0 Å². The summed E-state index contributed by atoms with van der Waals surface area (Å²) in [7, 11) is 0. The van der Waals surface area contributed by atoms with E-state index >= 15 is 0 Å². The topological polar surface area (TPSA) is 24.4 Å². The molecule has 0 unspecified atom stereocenters. The van der Waals surface area contributed by atoms with Crippen molar-refractivity contribution in [3.05, 3.63) is 24.0 Å². The lowest BCUT2D eigenvalue weighted by Gasteiger charge is -2.15. The molecule has 1 aliphatic heterocycles. The molecule has 0 bridgehead atoms. The van der Waals surface area contributed by atoms with E-state index in [1.54, 1.807) is 12.3 Å². The minimum Gasteiger partial charge on any atom is -0.370 e. The molecular formula is C13H26N2. The third kappa shape index (κ3) is 7.98. The van der Waals surface area contributed by atoms with Crippen LogP contribution in [0.15, 0.2) is 29.0 Å². The summed E-state index contributed by atoms with van der Waals surface area (Å²) < 4.78 is 0. The zero-order valence-corrected chi connectivity index (χ0v) is 10.9. The first-order valence-corrected chi connectivity index (χ1v) is 5.93. The second-order valence-corrected chi connectivity index (χ2v) is 2.67. The molecule has 0 saturated carbocycles. The summed E-state index contributed by atoms with van der Waals surface area (Å²) in [6.45, 7) is 14.7. The number of allylic oxidation sites excluding steroid dienone is 2. The lowest BCUT2D eigenvalue weighted by molar-refractivity contribution is 0.656. The van der Waals surface area contributed by atoms with E-state index in [1.807, 2.05) is 27.7 Å². The minimum absolute atomic E-state index is 1.02. The van der Waals surface area contributed by atoms with Crippen molar-refractivity contribution in [3.8, 4) is 0 Å². The summed E-state index contributed by atoms with van der Waals surface area (Å²) in [5.41, 5.74) is 1.34. The molecule has 0 radical (unpaired) electrons. The maximum atomic E-state index is 4.21. The molecule has 88 valence electrons. The molecule has 0 aromatic carbocycles. The van der Waals surface area contributed by atoms with Crippen molar-refractivity contribution in [2.45, 2.75) is 47.5 Å². The Balaban J connectivity index is 0. The highest BCUT2D eigenvalue weighted by Gasteiger charge is 2.05. The zero-order valence-electron chi connectivity index (χ0n) is 10.9. The number of hydrogen-bond acceptors (Lipinski definition) is 2. The maximum absolute atomic E-state index is 4.21. The van der Waals surface area contributed by atoms with Gasteiger partial charge in [-0.1, -0.05) is 40.3 Å². The van der Waals surface area contributed by atoms with Gasteiger partial charge in [-0.05, 0) is 25.3 Å². The van der Waals surface area contributed by atoms with E-state index < -0.39 is 0 Å². The Morgan fingerprint density at radius 1 is 1.27 bits per heavy atom. The summed E-state index contributed by atoms with van der Waals surface area (Å²) in [6.07, 6.45) is 5.80. The zero-order chi connectivity index (χ0) is 12.1. The Kier molecular flexibility index (Phi) is 14.1. The largest absolute Gasteiger partial charge is 0.370 e. The van der Waals surface area contributed by atoms with E-state index in [1.165, 1.54) is 12.0 Å². The highest BCUT2D eigenvalue weighted by atomic mass is 15.0. The van der Waals surface area contributed by atoms with Gasteiger partial charge in [0.2, 0.25) is 0 Å². The highest BCUT2D eigenvalue weighted by Crippen LogP contribution is 2.13. The monoisotopic (exact) mass is 210 g/mol. The normalized spacial score (nSPS) is 14.5. The molecule has 0 saturated heterocycles. The number of nitrogens with zero attached hydrogens (tertiary/aromatic N) is 1.